The maximum Gasteiger partial charge on any atom is 0.249 e. The summed E-state index contributed by atoms with van der Waals surface area (Å²) in [6, 6.07) is 5.36. The molecule has 0 radical (unpaired) electrons. The van der Waals surface area contributed by atoms with Gasteiger partial charge in [0.05, 0.1) is 5.03 Å². The van der Waals surface area contributed by atoms with Crippen LogP contribution in [0.15, 0.2) is 52.3 Å². The minimum Gasteiger partial charge on any atom is -0.237 e. The average molecular weight is 388 g/mol. The van der Waals surface area contributed by atoms with Crippen molar-refractivity contribution in [3.05, 3.63) is 52.3 Å². The van der Waals surface area contributed by atoms with Crippen LogP contribution >= 0.6 is 27.5 Å². The molecule has 2 heterocycles. The minimum absolute atomic E-state index is 0.315. The Morgan fingerprint density at radius 3 is 2.90 bits per heavy atom. The molecule has 2 aromatic rings. The van der Waals surface area contributed by atoms with Gasteiger partial charge in [0.2, 0.25) is 10.0 Å². The zero-order valence-electron chi connectivity index (χ0n) is 11.1. The van der Waals surface area contributed by atoms with Gasteiger partial charge in [0.25, 0.3) is 0 Å². The Bertz CT molecular complexity index is 885. The third-order valence-electron chi connectivity index (χ3n) is 3.61. The van der Waals surface area contributed by atoms with Gasteiger partial charge in [0.1, 0.15) is 4.75 Å². The van der Waals surface area contributed by atoms with Gasteiger partial charge in [0.15, 0.2) is 5.65 Å². The van der Waals surface area contributed by atoms with E-state index in [4.69, 9.17) is 11.6 Å². The summed E-state index contributed by atoms with van der Waals surface area (Å²) in [4.78, 5) is 4.18. The fraction of sp³-hybridized carbons (Fsp3) is 0.214. The Kier molecular flexibility index (Phi) is 3.50. The van der Waals surface area contributed by atoms with Crippen LogP contribution in [-0.4, -0.2) is 22.1 Å². The van der Waals surface area contributed by atoms with E-state index in [1.165, 1.54) is 3.97 Å². The van der Waals surface area contributed by atoms with Gasteiger partial charge in [-0.3, -0.25) is 0 Å². The lowest BCUT2D eigenvalue weighted by atomic mass is 10.0. The van der Waals surface area contributed by atoms with Crippen LogP contribution in [0.2, 0.25) is 0 Å². The summed E-state index contributed by atoms with van der Waals surface area (Å²) in [6.45, 7) is 1.68. The molecule has 0 spiro atoms. The number of allylic oxidation sites excluding steroid dienone is 3. The summed E-state index contributed by atoms with van der Waals surface area (Å²) in [7, 11) is -3.66. The smallest absolute Gasteiger partial charge is 0.237 e. The fourth-order valence-corrected chi connectivity index (χ4v) is 4.89. The molecule has 21 heavy (non-hydrogen) atoms. The maximum atomic E-state index is 13.0. The highest BCUT2D eigenvalue weighted by molar-refractivity contribution is 9.12. The van der Waals surface area contributed by atoms with Gasteiger partial charge < -0.3 is 0 Å². The van der Waals surface area contributed by atoms with E-state index < -0.39 is 14.8 Å². The van der Waals surface area contributed by atoms with E-state index in [0.29, 0.717) is 21.6 Å². The Morgan fingerprint density at radius 2 is 2.19 bits per heavy atom. The first kappa shape index (κ1) is 14.8. The molecule has 4 nitrogen and oxygen atoms in total. The lowest BCUT2D eigenvalue weighted by Crippen LogP contribution is -2.38. The maximum absolute atomic E-state index is 13.0. The monoisotopic (exact) mass is 386 g/mol. The first-order valence-corrected chi connectivity index (χ1v) is 8.88. The van der Waals surface area contributed by atoms with Gasteiger partial charge >= 0.3 is 0 Å². The number of pyridine rings is 1. The molecule has 3 rings (SSSR count). The molecule has 1 aliphatic rings. The predicted octanol–water partition coefficient (Wildman–Crippen LogP) is 3.78. The third-order valence-corrected chi connectivity index (χ3v) is 7.13. The average Bonchev–Trinajstić information content (AvgIpc) is 2.87. The Hall–Kier alpha value is -1.11. The highest BCUT2D eigenvalue weighted by Crippen LogP contribution is 2.38. The van der Waals surface area contributed by atoms with E-state index in [0.717, 1.165) is 5.39 Å². The van der Waals surface area contributed by atoms with Crippen molar-refractivity contribution in [2.24, 2.45) is 0 Å². The summed E-state index contributed by atoms with van der Waals surface area (Å²) in [6.07, 6.45) is 6.79. The van der Waals surface area contributed by atoms with Gasteiger partial charge in [0, 0.05) is 22.3 Å². The summed E-state index contributed by atoms with van der Waals surface area (Å²) in [5.74, 6) is 0. The highest BCUT2D eigenvalue weighted by Gasteiger charge is 2.40. The van der Waals surface area contributed by atoms with E-state index in [1.807, 2.05) is 6.07 Å². The quantitative estimate of drug-likeness (QED) is 0.788. The Balaban J connectivity index is 2.18. The Labute approximate surface area is 136 Å². The number of rotatable bonds is 2. The summed E-state index contributed by atoms with van der Waals surface area (Å²) >= 11 is 9.30. The van der Waals surface area contributed by atoms with Gasteiger partial charge in [-0.25, -0.2) is 17.4 Å². The number of fused-ring (bicyclic) bond motifs is 1. The molecule has 2 aromatic heterocycles. The van der Waals surface area contributed by atoms with Crippen molar-refractivity contribution in [1.82, 2.24) is 8.96 Å². The highest BCUT2D eigenvalue weighted by atomic mass is 79.9. The number of halogens is 2. The summed E-state index contributed by atoms with van der Waals surface area (Å²) in [5, 5.41) is 1.32. The van der Waals surface area contributed by atoms with Crippen molar-refractivity contribution in [2.75, 3.05) is 0 Å². The first-order valence-electron chi connectivity index (χ1n) is 6.27. The second-order valence-electron chi connectivity index (χ2n) is 5.09. The molecule has 0 saturated carbocycles. The van der Waals surface area contributed by atoms with Crippen molar-refractivity contribution >= 4 is 48.6 Å². The van der Waals surface area contributed by atoms with Crippen molar-refractivity contribution < 1.29 is 8.42 Å². The zero-order valence-corrected chi connectivity index (χ0v) is 14.3. The van der Waals surface area contributed by atoms with Gasteiger partial charge in [-0.2, -0.15) is 0 Å². The molecule has 0 N–H and O–H groups in total. The normalized spacial score (nSPS) is 23.0. The van der Waals surface area contributed by atoms with E-state index in [9.17, 15) is 8.42 Å². The van der Waals surface area contributed by atoms with E-state index in [2.05, 4.69) is 20.9 Å². The first-order chi connectivity index (χ1) is 9.85. The molecule has 1 aliphatic carbocycles. The van der Waals surface area contributed by atoms with Gasteiger partial charge in [-0.05, 0) is 53.5 Å². The van der Waals surface area contributed by atoms with Crippen LogP contribution in [-0.2, 0) is 10.0 Å². The Morgan fingerprint density at radius 1 is 1.43 bits per heavy atom. The standard InChI is InChI=1S/C14H12BrClN2O2S/c1-14(6-4-12(16)11(15)9-14)21(19,20)18-8-5-10-3-2-7-17-13(10)18/h2-5,7-9H,6H2,1H3. The van der Waals surface area contributed by atoms with Gasteiger partial charge in [-0.1, -0.05) is 17.7 Å². The molecule has 1 unspecified atom stereocenters. The molecular weight excluding hydrogens is 376 g/mol. The number of nitrogens with zero attached hydrogens (tertiary/aromatic N) is 2. The van der Waals surface area contributed by atoms with Crippen LogP contribution in [0.5, 0.6) is 0 Å². The van der Waals surface area contributed by atoms with E-state index in [1.54, 1.807) is 43.6 Å². The SMILES string of the molecule is CC1(S(=O)(=O)n2ccc3cccnc32)C=C(Br)C(Cl)=CC1. The van der Waals surface area contributed by atoms with Crippen LogP contribution in [0.3, 0.4) is 0 Å². The van der Waals surface area contributed by atoms with Crippen LogP contribution in [0.25, 0.3) is 11.0 Å². The molecule has 0 saturated heterocycles. The molecule has 0 amide bonds. The van der Waals surface area contributed by atoms with Crippen molar-refractivity contribution in [1.29, 1.82) is 0 Å². The van der Waals surface area contributed by atoms with Crippen molar-refractivity contribution in [3.8, 4) is 0 Å². The van der Waals surface area contributed by atoms with Crippen LogP contribution < -0.4 is 0 Å². The molecular formula is C14H12BrClN2O2S. The van der Waals surface area contributed by atoms with E-state index in [-0.39, 0.29) is 0 Å². The van der Waals surface area contributed by atoms with Crippen LogP contribution in [0.4, 0.5) is 0 Å². The second kappa shape index (κ2) is 4.97. The third kappa shape index (κ3) is 2.25. The summed E-state index contributed by atoms with van der Waals surface area (Å²) in [5.41, 5.74) is 0.434. The number of aromatic nitrogens is 2. The summed E-state index contributed by atoms with van der Waals surface area (Å²) < 4.78 is 26.8. The van der Waals surface area contributed by atoms with Crippen molar-refractivity contribution in [2.45, 2.75) is 18.1 Å². The minimum atomic E-state index is -3.66. The van der Waals surface area contributed by atoms with Crippen LogP contribution in [0.1, 0.15) is 13.3 Å². The number of hydrogen-bond donors (Lipinski definition) is 0. The molecule has 1 atom stereocenters. The van der Waals surface area contributed by atoms with Crippen molar-refractivity contribution in [3.63, 3.8) is 0 Å². The zero-order chi connectivity index (χ0) is 15.3. The molecule has 7 heteroatoms. The lowest BCUT2D eigenvalue weighted by Gasteiger charge is -2.28. The largest absolute Gasteiger partial charge is 0.249 e. The molecule has 0 aromatic carbocycles. The molecule has 0 fully saturated rings. The molecule has 0 aliphatic heterocycles. The number of hydrogen-bond acceptors (Lipinski definition) is 3. The fourth-order valence-electron chi connectivity index (χ4n) is 2.33. The lowest BCUT2D eigenvalue weighted by molar-refractivity contribution is 0.554. The second-order valence-corrected chi connectivity index (χ2v) is 8.63. The van der Waals surface area contributed by atoms with Gasteiger partial charge in [-0.15, -0.1) is 0 Å². The molecule has 110 valence electrons. The van der Waals surface area contributed by atoms with E-state index >= 15 is 0 Å². The van der Waals surface area contributed by atoms with Crippen LogP contribution in [0, 0.1) is 0 Å². The molecule has 0 bridgehead atoms. The predicted molar refractivity (Wildman–Crippen MR) is 88.0 cm³/mol. The topological polar surface area (TPSA) is 52.0 Å².